The van der Waals surface area contributed by atoms with Gasteiger partial charge >= 0.3 is 6.09 Å². The van der Waals surface area contributed by atoms with Gasteiger partial charge in [0.25, 0.3) is 0 Å². The van der Waals surface area contributed by atoms with Gasteiger partial charge in [-0.3, -0.25) is 0 Å². The summed E-state index contributed by atoms with van der Waals surface area (Å²) in [5.41, 5.74) is -0.541. The van der Waals surface area contributed by atoms with E-state index in [4.69, 9.17) is 4.74 Å². The topological polar surface area (TPSA) is 76.6 Å². The normalized spacial score (nSPS) is 17.8. The molecule has 2 heterocycles. The van der Waals surface area contributed by atoms with Crippen molar-refractivity contribution < 1.29 is 17.9 Å². The summed E-state index contributed by atoms with van der Waals surface area (Å²) in [5, 5.41) is 1.19. The van der Waals surface area contributed by atoms with Gasteiger partial charge in [0, 0.05) is 24.7 Å². The molecule has 0 bridgehead atoms. The maximum atomic E-state index is 12.4. The fourth-order valence-electron chi connectivity index (χ4n) is 2.17. The minimum absolute atomic E-state index is 0.165. The van der Waals surface area contributed by atoms with Gasteiger partial charge in [0.15, 0.2) is 0 Å². The smallest absolute Gasteiger partial charge is 0.410 e. The Labute approximate surface area is 129 Å². The third-order valence-electron chi connectivity index (χ3n) is 3.19. The van der Waals surface area contributed by atoms with Gasteiger partial charge in [-0.1, -0.05) is 0 Å². The first kappa shape index (κ1) is 16.2. The van der Waals surface area contributed by atoms with E-state index in [-0.39, 0.29) is 10.4 Å². The second-order valence-corrected chi connectivity index (χ2v) is 9.31. The van der Waals surface area contributed by atoms with Crippen LogP contribution in [0.1, 0.15) is 33.6 Å². The van der Waals surface area contributed by atoms with Gasteiger partial charge in [0.1, 0.15) is 5.60 Å². The molecule has 0 unspecified atom stereocenters. The van der Waals surface area contributed by atoms with Crippen LogP contribution in [0.5, 0.6) is 0 Å². The van der Waals surface area contributed by atoms with Crippen molar-refractivity contribution in [2.24, 2.45) is 0 Å². The molecule has 0 atom stereocenters. The number of aromatic nitrogens is 1. The Bertz CT molecular complexity index is 582. The van der Waals surface area contributed by atoms with E-state index in [1.165, 1.54) is 6.20 Å². The molecule has 118 valence electrons. The van der Waals surface area contributed by atoms with Gasteiger partial charge in [-0.05, 0) is 33.6 Å². The number of ether oxygens (including phenoxy) is 1. The molecule has 1 amide bonds. The predicted molar refractivity (Wildman–Crippen MR) is 80.1 cm³/mol. The third kappa shape index (κ3) is 3.94. The number of thiazole rings is 1. The van der Waals surface area contributed by atoms with Crippen LogP contribution in [0.3, 0.4) is 0 Å². The summed E-state index contributed by atoms with van der Waals surface area (Å²) in [6.45, 7) is 6.22. The molecule has 0 radical (unpaired) electrons. The van der Waals surface area contributed by atoms with Crippen LogP contribution < -0.4 is 0 Å². The molecule has 1 aliphatic heterocycles. The van der Waals surface area contributed by atoms with E-state index < -0.39 is 20.7 Å². The summed E-state index contributed by atoms with van der Waals surface area (Å²) in [5.74, 6) is 0. The number of hydrogen-bond donors (Lipinski definition) is 0. The van der Waals surface area contributed by atoms with E-state index in [1.54, 1.807) is 10.3 Å². The lowest BCUT2D eigenvalue weighted by atomic mass is 10.1. The number of hydrogen-bond acceptors (Lipinski definition) is 6. The van der Waals surface area contributed by atoms with Crippen molar-refractivity contribution in [2.45, 2.75) is 48.8 Å². The average molecular weight is 332 g/mol. The van der Waals surface area contributed by atoms with Crippen LogP contribution >= 0.6 is 11.3 Å². The monoisotopic (exact) mass is 332 g/mol. The summed E-state index contributed by atoms with van der Waals surface area (Å²) in [6, 6.07) is 0. The number of nitrogens with zero attached hydrogens (tertiary/aromatic N) is 2. The fraction of sp³-hybridized carbons (Fsp3) is 0.692. The number of carbonyl (C=O) groups is 1. The van der Waals surface area contributed by atoms with Crippen molar-refractivity contribution >= 4 is 27.3 Å². The van der Waals surface area contributed by atoms with Crippen LogP contribution in [0.25, 0.3) is 0 Å². The van der Waals surface area contributed by atoms with Crippen LogP contribution in [-0.2, 0) is 14.6 Å². The lowest BCUT2D eigenvalue weighted by Crippen LogP contribution is -2.44. The molecule has 6 nitrogen and oxygen atoms in total. The van der Waals surface area contributed by atoms with Crippen molar-refractivity contribution in [3.8, 4) is 0 Å². The molecule has 21 heavy (non-hydrogen) atoms. The fourth-order valence-corrected chi connectivity index (χ4v) is 4.96. The van der Waals surface area contributed by atoms with Crippen LogP contribution in [0.4, 0.5) is 4.79 Å². The molecule has 0 N–H and O–H groups in total. The SMILES string of the molecule is CC(C)(C)OC(=O)N1CCC(S(=O)(=O)c2nccs2)CC1. The van der Waals surface area contributed by atoms with Crippen LogP contribution in [0.2, 0.25) is 0 Å². The minimum atomic E-state index is -3.37. The Morgan fingerprint density at radius 2 is 2.00 bits per heavy atom. The Morgan fingerprint density at radius 1 is 1.38 bits per heavy atom. The van der Waals surface area contributed by atoms with E-state index in [0.717, 1.165) is 11.3 Å². The van der Waals surface area contributed by atoms with Gasteiger partial charge in [0.05, 0.1) is 5.25 Å². The van der Waals surface area contributed by atoms with Crippen LogP contribution in [0.15, 0.2) is 15.9 Å². The maximum Gasteiger partial charge on any atom is 0.410 e. The molecule has 1 aliphatic rings. The molecule has 1 aromatic rings. The lowest BCUT2D eigenvalue weighted by Gasteiger charge is -2.32. The molecular formula is C13H20N2O4S2. The van der Waals surface area contributed by atoms with Crippen LogP contribution in [0, 0.1) is 0 Å². The van der Waals surface area contributed by atoms with Crippen molar-refractivity contribution in [3.05, 3.63) is 11.6 Å². The highest BCUT2D eigenvalue weighted by atomic mass is 32.2. The minimum Gasteiger partial charge on any atom is -0.444 e. The molecule has 2 rings (SSSR count). The van der Waals surface area contributed by atoms with Crippen molar-refractivity contribution in [1.82, 2.24) is 9.88 Å². The van der Waals surface area contributed by atoms with Crippen molar-refractivity contribution in [2.75, 3.05) is 13.1 Å². The van der Waals surface area contributed by atoms with E-state index in [0.29, 0.717) is 25.9 Å². The number of piperidine rings is 1. The highest BCUT2D eigenvalue weighted by Gasteiger charge is 2.35. The number of likely N-dealkylation sites (tertiary alicyclic amines) is 1. The quantitative estimate of drug-likeness (QED) is 0.830. The number of sulfone groups is 1. The second-order valence-electron chi connectivity index (χ2n) is 6.01. The van der Waals surface area contributed by atoms with E-state index in [2.05, 4.69) is 4.98 Å². The maximum absolute atomic E-state index is 12.4. The van der Waals surface area contributed by atoms with Crippen LogP contribution in [-0.4, -0.2) is 48.3 Å². The molecular weight excluding hydrogens is 312 g/mol. The van der Waals surface area contributed by atoms with E-state index in [9.17, 15) is 13.2 Å². The van der Waals surface area contributed by atoms with Crippen molar-refractivity contribution in [3.63, 3.8) is 0 Å². The summed E-state index contributed by atoms with van der Waals surface area (Å²) < 4.78 is 30.2. The average Bonchev–Trinajstić information content (AvgIpc) is 2.91. The van der Waals surface area contributed by atoms with Gasteiger partial charge in [-0.25, -0.2) is 18.2 Å². The van der Waals surface area contributed by atoms with E-state index >= 15 is 0 Å². The number of amides is 1. The van der Waals surface area contributed by atoms with Gasteiger partial charge in [-0.15, -0.1) is 11.3 Å². The first-order valence-corrected chi connectivity index (χ1v) is 9.24. The first-order chi connectivity index (χ1) is 9.70. The summed E-state index contributed by atoms with van der Waals surface area (Å²) in [6.07, 6.45) is 1.95. The highest BCUT2D eigenvalue weighted by Crippen LogP contribution is 2.26. The Hall–Kier alpha value is -1.15. The summed E-state index contributed by atoms with van der Waals surface area (Å²) in [4.78, 5) is 17.4. The lowest BCUT2D eigenvalue weighted by molar-refractivity contribution is 0.0217. The molecule has 0 aromatic carbocycles. The molecule has 0 spiro atoms. The molecule has 8 heteroatoms. The number of rotatable bonds is 2. The molecule has 0 aliphatic carbocycles. The van der Waals surface area contributed by atoms with E-state index in [1.807, 2.05) is 20.8 Å². The Morgan fingerprint density at radius 3 is 2.48 bits per heavy atom. The highest BCUT2D eigenvalue weighted by molar-refractivity contribution is 7.93. The Kier molecular flexibility index (Phi) is 4.57. The summed E-state index contributed by atoms with van der Waals surface area (Å²) in [7, 11) is -3.37. The number of carbonyl (C=O) groups excluding carboxylic acids is 1. The standard InChI is InChI=1S/C13H20N2O4S2/c1-13(2,3)19-12(16)15-7-4-10(5-8-15)21(17,18)11-14-6-9-20-11/h6,9-10H,4-5,7-8H2,1-3H3. The molecule has 1 saturated heterocycles. The van der Waals surface area contributed by atoms with Gasteiger partial charge in [-0.2, -0.15) is 0 Å². The zero-order valence-electron chi connectivity index (χ0n) is 12.4. The summed E-state index contributed by atoms with van der Waals surface area (Å²) >= 11 is 1.13. The zero-order chi connectivity index (χ0) is 15.7. The van der Waals surface area contributed by atoms with Gasteiger partial charge < -0.3 is 9.64 Å². The molecule has 0 saturated carbocycles. The Balaban J connectivity index is 1.96. The predicted octanol–water partition coefficient (Wildman–Crippen LogP) is 2.32. The molecule has 1 aromatic heterocycles. The molecule has 1 fully saturated rings. The second kappa shape index (κ2) is 5.92. The third-order valence-corrected chi connectivity index (χ3v) is 6.68. The first-order valence-electron chi connectivity index (χ1n) is 6.81. The largest absolute Gasteiger partial charge is 0.444 e. The van der Waals surface area contributed by atoms with Crippen molar-refractivity contribution in [1.29, 1.82) is 0 Å². The zero-order valence-corrected chi connectivity index (χ0v) is 14.0. The van der Waals surface area contributed by atoms with Gasteiger partial charge in [0.2, 0.25) is 14.2 Å².